The van der Waals surface area contributed by atoms with E-state index in [2.05, 4.69) is 14.9 Å². The monoisotopic (exact) mass is 438 g/mol. The normalized spacial score (nSPS) is 11.0. The molecule has 7 heteroatoms. The number of carbonyl (C=O) groups is 1. The lowest BCUT2D eigenvalue weighted by Gasteiger charge is -2.11. The van der Waals surface area contributed by atoms with Crippen molar-refractivity contribution in [3.63, 3.8) is 0 Å². The number of aryl methyl sites for hydroxylation is 1. The van der Waals surface area contributed by atoms with Gasteiger partial charge in [0.25, 0.3) is 0 Å². The van der Waals surface area contributed by atoms with Crippen molar-refractivity contribution in [1.29, 1.82) is 0 Å². The van der Waals surface area contributed by atoms with Gasteiger partial charge in [-0.1, -0.05) is 47.5 Å². The smallest absolute Gasteiger partial charge is 0.222 e. The Morgan fingerprint density at radius 1 is 0.967 bits per heavy atom. The fraction of sp³-hybridized carbons (Fsp3) is 0.174. The minimum Gasteiger partial charge on any atom is -0.350 e. The maximum atomic E-state index is 12.4. The average molecular weight is 439 g/mol. The van der Waals surface area contributed by atoms with Gasteiger partial charge in [-0.25, -0.2) is 4.98 Å². The van der Waals surface area contributed by atoms with Gasteiger partial charge in [0, 0.05) is 35.6 Å². The van der Waals surface area contributed by atoms with Crippen LogP contribution in [0.2, 0.25) is 10.0 Å². The van der Waals surface area contributed by atoms with E-state index in [1.807, 2.05) is 60.7 Å². The largest absolute Gasteiger partial charge is 0.350 e. The molecule has 30 heavy (non-hydrogen) atoms. The molecule has 0 saturated heterocycles. The number of hydrogen-bond donors (Lipinski definition) is 1. The predicted octanol–water partition coefficient (Wildman–Crippen LogP) is 5.04. The topological polar surface area (TPSA) is 59.8 Å². The van der Waals surface area contributed by atoms with E-state index in [1.54, 1.807) is 6.20 Å². The van der Waals surface area contributed by atoms with Crippen LogP contribution in [0.1, 0.15) is 23.5 Å². The highest BCUT2D eigenvalue weighted by Crippen LogP contribution is 2.28. The summed E-state index contributed by atoms with van der Waals surface area (Å²) in [5.74, 6) is 0.781. The Morgan fingerprint density at radius 3 is 2.50 bits per heavy atom. The van der Waals surface area contributed by atoms with E-state index in [0.717, 1.165) is 28.1 Å². The van der Waals surface area contributed by atoms with E-state index in [0.29, 0.717) is 36.0 Å². The highest BCUT2D eigenvalue weighted by atomic mass is 35.5. The molecule has 152 valence electrons. The number of fused-ring (bicyclic) bond motifs is 1. The first-order valence-corrected chi connectivity index (χ1v) is 10.4. The average Bonchev–Trinajstić information content (AvgIpc) is 3.11. The third-order valence-corrected chi connectivity index (χ3v) is 5.59. The number of rotatable bonds is 7. The van der Waals surface area contributed by atoms with E-state index >= 15 is 0 Å². The van der Waals surface area contributed by atoms with Crippen molar-refractivity contribution >= 4 is 40.1 Å². The van der Waals surface area contributed by atoms with Crippen LogP contribution in [0.3, 0.4) is 0 Å². The number of para-hydroxylation sites is 2. The molecule has 0 saturated carbocycles. The fourth-order valence-electron chi connectivity index (χ4n) is 3.36. The van der Waals surface area contributed by atoms with E-state index in [4.69, 9.17) is 28.2 Å². The molecule has 1 amide bonds. The maximum Gasteiger partial charge on any atom is 0.222 e. The van der Waals surface area contributed by atoms with Crippen molar-refractivity contribution < 1.29 is 4.79 Å². The second kappa shape index (κ2) is 9.28. The van der Waals surface area contributed by atoms with Gasteiger partial charge in [-0.2, -0.15) is 0 Å². The van der Waals surface area contributed by atoms with Crippen LogP contribution in [-0.2, 0) is 24.3 Å². The molecule has 0 bridgehead atoms. The summed E-state index contributed by atoms with van der Waals surface area (Å²) in [6, 6.07) is 19.0. The van der Waals surface area contributed by atoms with E-state index in [-0.39, 0.29) is 5.91 Å². The van der Waals surface area contributed by atoms with Crippen molar-refractivity contribution in [2.24, 2.45) is 0 Å². The predicted molar refractivity (Wildman–Crippen MR) is 120 cm³/mol. The molecule has 2 heterocycles. The van der Waals surface area contributed by atoms with Crippen LogP contribution >= 0.6 is 23.2 Å². The van der Waals surface area contributed by atoms with Gasteiger partial charge in [-0.05, 0) is 42.0 Å². The number of pyridine rings is 1. The Balaban J connectivity index is 1.52. The molecule has 0 aliphatic rings. The molecule has 2 aromatic carbocycles. The molecule has 4 aromatic rings. The third kappa shape index (κ3) is 4.64. The fourth-order valence-corrected chi connectivity index (χ4v) is 3.89. The molecule has 0 unspecified atom stereocenters. The lowest BCUT2D eigenvalue weighted by molar-refractivity contribution is -0.121. The zero-order valence-electron chi connectivity index (χ0n) is 16.2. The third-order valence-electron chi connectivity index (χ3n) is 4.89. The summed E-state index contributed by atoms with van der Waals surface area (Å²) >= 11 is 12.7. The summed E-state index contributed by atoms with van der Waals surface area (Å²) in [6.45, 7) is 0.915. The summed E-state index contributed by atoms with van der Waals surface area (Å²) in [4.78, 5) is 21.4. The zero-order valence-corrected chi connectivity index (χ0v) is 17.7. The molecule has 4 rings (SSSR count). The SMILES string of the molecule is O=C(CCn1c(Cc2c(Cl)cccc2Cl)nc2ccccc21)NCc1ccccn1. The van der Waals surface area contributed by atoms with Crippen molar-refractivity contribution in [3.05, 3.63) is 94.0 Å². The molecule has 0 fully saturated rings. The first-order valence-electron chi connectivity index (χ1n) is 9.65. The number of nitrogens with one attached hydrogen (secondary N) is 1. The first kappa shape index (κ1) is 20.4. The van der Waals surface area contributed by atoms with E-state index < -0.39 is 0 Å². The number of amides is 1. The molecule has 0 radical (unpaired) electrons. The highest BCUT2D eigenvalue weighted by molar-refractivity contribution is 6.36. The summed E-state index contributed by atoms with van der Waals surface area (Å²) in [6.07, 6.45) is 2.53. The van der Waals surface area contributed by atoms with Crippen molar-refractivity contribution in [2.45, 2.75) is 25.9 Å². The van der Waals surface area contributed by atoms with Crippen LogP contribution in [0.25, 0.3) is 11.0 Å². The van der Waals surface area contributed by atoms with E-state index in [1.165, 1.54) is 0 Å². The van der Waals surface area contributed by atoms with Crippen molar-refractivity contribution in [1.82, 2.24) is 19.9 Å². The van der Waals surface area contributed by atoms with Gasteiger partial charge in [-0.15, -0.1) is 0 Å². The Hall–Kier alpha value is -2.89. The van der Waals surface area contributed by atoms with Crippen LogP contribution in [0.4, 0.5) is 0 Å². The second-order valence-corrected chi connectivity index (χ2v) is 7.71. The molecular weight excluding hydrogens is 419 g/mol. The van der Waals surface area contributed by atoms with Gasteiger partial charge in [-0.3, -0.25) is 9.78 Å². The van der Waals surface area contributed by atoms with Crippen LogP contribution < -0.4 is 5.32 Å². The molecule has 2 aromatic heterocycles. The molecule has 0 aliphatic carbocycles. The molecule has 0 spiro atoms. The summed E-state index contributed by atoms with van der Waals surface area (Å²) in [7, 11) is 0. The molecule has 5 nitrogen and oxygen atoms in total. The van der Waals surface area contributed by atoms with Crippen LogP contribution in [0.15, 0.2) is 66.9 Å². The number of nitrogens with zero attached hydrogens (tertiary/aromatic N) is 3. The Kier molecular flexibility index (Phi) is 6.31. The van der Waals surface area contributed by atoms with Gasteiger partial charge in [0.2, 0.25) is 5.91 Å². The van der Waals surface area contributed by atoms with Gasteiger partial charge < -0.3 is 9.88 Å². The molecule has 0 atom stereocenters. The van der Waals surface area contributed by atoms with Crippen molar-refractivity contribution in [3.8, 4) is 0 Å². The number of benzene rings is 2. The maximum absolute atomic E-state index is 12.4. The van der Waals surface area contributed by atoms with Gasteiger partial charge in [0.1, 0.15) is 5.82 Å². The number of carbonyl (C=O) groups excluding carboxylic acids is 1. The summed E-state index contributed by atoms with van der Waals surface area (Å²) in [5.41, 5.74) is 3.52. The van der Waals surface area contributed by atoms with Crippen LogP contribution in [-0.4, -0.2) is 20.4 Å². The van der Waals surface area contributed by atoms with Gasteiger partial charge in [0.15, 0.2) is 0 Å². The molecule has 0 aliphatic heterocycles. The number of imidazole rings is 1. The minimum absolute atomic E-state index is 0.0415. The van der Waals surface area contributed by atoms with Gasteiger partial charge in [0.05, 0.1) is 23.3 Å². The van der Waals surface area contributed by atoms with Gasteiger partial charge >= 0.3 is 0 Å². The Labute approximate surface area is 184 Å². The molecular formula is C23H20Cl2N4O. The molecule has 1 N–H and O–H groups in total. The highest BCUT2D eigenvalue weighted by Gasteiger charge is 2.15. The number of aromatic nitrogens is 3. The van der Waals surface area contributed by atoms with Crippen molar-refractivity contribution in [2.75, 3.05) is 0 Å². The Morgan fingerprint density at radius 2 is 1.73 bits per heavy atom. The summed E-state index contributed by atoms with van der Waals surface area (Å²) in [5, 5.41) is 4.13. The lowest BCUT2D eigenvalue weighted by Crippen LogP contribution is -2.24. The zero-order chi connectivity index (χ0) is 20.9. The van der Waals surface area contributed by atoms with Crippen LogP contribution in [0, 0.1) is 0 Å². The number of hydrogen-bond acceptors (Lipinski definition) is 3. The van der Waals surface area contributed by atoms with Crippen LogP contribution in [0.5, 0.6) is 0 Å². The quantitative estimate of drug-likeness (QED) is 0.439. The van der Waals surface area contributed by atoms with E-state index in [9.17, 15) is 4.79 Å². The standard InChI is InChI=1S/C23H20Cl2N4O/c24-18-7-5-8-19(25)17(18)14-22-28-20-9-1-2-10-21(20)29(22)13-11-23(30)27-15-16-6-3-4-12-26-16/h1-10,12H,11,13-15H2,(H,27,30). The number of halogens is 2. The first-order chi connectivity index (χ1) is 14.6. The second-order valence-electron chi connectivity index (χ2n) is 6.89. The lowest BCUT2D eigenvalue weighted by atomic mass is 10.1. The minimum atomic E-state index is -0.0415. The summed E-state index contributed by atoms with van der Waals surface area (Å²) < 4.78 is 2.06. The Bertz CT molecular complexity index is 1150.